The van der Waals surface area contributed by atoms with Crippen molar-refractivity contribution in [3.63, 3.8) is 0 Å². The van der Waals surface area contributed by atoms with E-state index in [0.29, 0.717) is 0 Å². The summed E-state index contributed by atoms with van der Waals surface area (Å²) in [5.41, 5.74) is 4.36. The van der Waals surface area contributed by atoms with Crippen LogP contribution >= 0.6 is 11.8 Å². The molecule has 1 atom stereocenters. The number of aromatic nitrogens is 3. The zero-order valence-electron chi connectivity index (χ0n) is 13.5. The molecule has 4 rings (SSSR count). The highest BCUT2D eigenvalue weighted by Gasteiger charge is 2.25. The van der Waals surface area contributed by atoms with E-state index in [2.05, 4.69) is 15.0 Å². The second-order valence-electron chi connectivity index (χ2n) is 5.81. The average Bonchev–Trinajstić information content (AvgIpc) is 3.21. The molecule has 0 spiro atoms. The van der Waals surface area contributed by atoms with Crippen LogP contribution in [-0.2, 0) is 16.9 Å². The van der Waals surface area contributed by atoms with Gasteiger partial charge in [-0.05, 0) is 18.2 Å². The Labute approximate surface area is 144 Å². The lowest BCUT2D eigenvalue weighted by Gasteiger charge is -2.08. The molecule has 0 fully saturated rings. The predicted octanol–water partition coefficient (Wildman–Crippen LogP) is 3.59. The highest BCUT2D eigenvalue weighted by Crippen LogP contribution is 2.34. The van der Waals surface area contributed by atoms with Gasteiger partial charge in [0.1, 0.15) is 11.9 Å². The Balaban J connectivity index is 1.47. The zero-order chi connectivity index (χ0) is 16.4. The van der Waals surface area contributed by atoms with Crippen molar-refractivity contribution in [3.8, 4) is 5.75 Å². The monoisotopic (exact) mass is 341 g/mol. The van der Waals surface area contributed by atoms with Gasteiger partial charge in [-0.3, -0.25) is 4.98 Å². The standard InChI is InChI=1S/C18H19N3O2S/c1-22-9-7-12-10-13-16(19-8-6-17(13)23-12)11-24-18-20-14-4-2-3-5-15(14)21-18/h2-6,8,12H,7,9-11H2,1H3,(H,20,21). The molecule has 124 valence electrons. The second-order valence-corrected chi connectivity index (χ2v) is 6.77. The number of fused-ring (bicyclic) bond motifs is 2. The molecule has 5 nitrogen and oxygen atoms in total. The van der Waals surface area contributed by atoms with E-state index in [9.17, 15) is 0 Å². The van der Waals surface area contributed by atoms with E-state index >= 15 is 0 Å². The number of H-pyrrole nitrogens is 1. The maximum atomic E-state index is 6.00. The Hall–Kier alpha value is -2.05. The number of hydrogen-bond acceptors (Lipinski definition) is 5. The third-order valence-corrected chi connectivity index (χ3v) is 5.07. The summed E-state index contributed by atoms with van der Waals surface area (Å²) in [5.74, 6) is 1.75. The Morgan fingerprint density at radius 1 is 1.33 bits per heavy atom. The van der Waals surface area contributed by atoms with Crippen LogP contribution in [0.5, 0.6) is 5.75 Å². The number of imidazole rings is 1. The van der Waals surface area contributed by atoms with Crippen LogP contribution in [0, 0.1) is 0 Å². The summed E-state index contributed by atoms with van der Waals surface area (Å²) in [6.45, 7) is 0.717. The molecule has 0 saturated heterocycles. The van der Waals surface area contributed by atoms with Gasteiger partial charge >= 0.3 is 0 Å². The Morgan fingerprint density at radius 2 is 2.25 bits per heavy atom. The topological polar surface area (TPSA) is 60.0 Å². The van der Waals surface area contributed by atoms with E-state index in [4.69, 9.17) is 9.47 Å². The van der Waals surface area contributed by atoms with Gasteiger partial charge in [0.05, 0.1) is 16.7 Å². The summed E-state index contributed by atoms with van der Waals surface area (Å²) in [6, 6.07) is 10.0. The lowest BCUT2D eigenvalue weighted by atomic mass is 10.1. The first-order valence-corrected chi connectivity index (χ1v) is 9.02. The van der Waals surface area contributed by atoms with Gasteiger partial charge < -0.3 is 14.5 Å². The number of benzene rings is 1. The largest absolute Gasteiger partial charge is 0.490 e. The van der Waals surface area contributed by atoms with E-state index in [0.717, 1.165) is 52.8 Å². The summed E-state index contributed by atoms with van der Waals surface area (Å²) >= 11 is 1.67. The quantitative estimate of drug-likeness (QED) is 0.694. The number of ether oxygens (including phenoxy) is 2. The molecule has 24 heavy (non-hydrogen) atoms. The normalized spacial score (nSPS) is 16.3. The summed E-state index contributed by atoms with van der Waals surface area (Å²) in [5, 5.41) is 0.922. The third kappa shape index (κ3) is 3.12. The van der Waals surface area contributed by atoms with Crippen LogP contribution in [0.15, 0.2) is 41.7 Å². The molecule has 1 aromatic carbocycles. The highest BCUT2D eigenvalue weighted by atomic mass is 32.2. The molecule has 1 N–H and O–H groups in total. The van der Waals surface area contributed by atoms with Gasteiger partial charge in [0.15, 0.2) is 5.16 Å². The van der Waals surface area contributed by atoms with E-state index in [-0.39, 0.29) is 6.10 Å². The summed E-state index contributed by atoms with van der Waals surface area (Å²) < 4.78 is 11.2. The number of para-hydroxylation sites is 2. The fourth-order valence-electron chi connectivity index (χ4n) is 2.96. The zero-order valence-corrected chi connectivity index (χ0v) is 14.3. The van der Waals surface area contributed by atoms with Crippen molar-refractivity contribution < 1.29 is 9.47 Å². The molecule has 0 aliphatic carbocycles. The molecule has 0 saturated carbocycles. The van der Waals surface area contributed by atoms with Crippen molar-refractivity contribution >= 4 is 22.8 Å². The molecule has 1 aliphatic rings. The predicted molar refractivity (Wildman–Crippen MR) is 94.5 cm³/mol. The minimum Gasteiger partial charge on any atom is -0.490 e. The SMILES string of the molecule is COCCC1Cc2c(ccnc2CSc2nc3ccccc3[nH]2)O1. The van der Waals surface area contributed by atoms with Crippen LogP contribution in [0.1, 0.15) is 17.7 Å². The van der Waals surface area contributed by atoms with Gasteiger partial charge in [0.25, 0.3) is 0 Å². The maximum absolute atomic E-state index is 6.00. The molecule has 0 amide bonds. The smallest absolute Gasteiger partial charge is 0.166 e. The molecule has 6 heteroatoms. The number of pyridine rings is 1. The van der Waals surface area contributed by atoms with Crippen LogP contribution < -0.4 is 4.74 Å². The molecule has 2 aromatic heterocycles. The molecule has 1 unspecified atom stereocenters. The highest BCUT2D eigenvalue weighted by molar-refractivity contribution is 7.98. The van der Waals surface area contributed by atoms with Crippen molar-refractivity contribution in [2.75, 3.05) is 13.7 Å². The van der Waals surface area contributed by atoms with Crippen LogP contribution in [0.3, 0.4) is 0 Å². The number of rotatable bonds is 6. The molecule has 3 aromatic rings. The van der Waals surface area contributed by atoms with Crippen molar-refractivity contribution in [3.05, 3.63) is 47.8 Å². The van der Waals surface area contributed by atoms with Gasteiger partial charge in [0.2, 0.25) is 0 Å². The molecule has 0 radical (unpaired) electrons. The second kappa shape index (κ2) is 6.83. The van der Waals surface area contributed by atoms with E-state index in [1.165, 1.54) is 5.56 Å². The molecule has 1 aliphatic heterocycles. The minimum atomic E-state index is 0.194. The lowest BCUT2D eigenvalue weighted by Crippen LogP contribution is -2.15. The first kappa shape index (κ1) is 15.5. The maximum Gasteiger partial charge on any atom is 0.166 e. The Kier molecular flexibility index (Phi) is 4.40. The Morgan fingerprint density at radius 3 is 3.12 bits per heavy atom. The van der Waals surface area contributed by atoms with E-state index in [1.54, 1.807) is 18.9 Å². The van der Waals surface area contributed by atoms with Crippen molar-refractivity contribution in [1.82, 2.24) is 15.0 Å². The first-order chi connectivity index (χ1) is 11.8. The summed E-state index contributed by atoms with van der Waals surface area (Å²) in [4.78, 5) is 12.5. The van der Waals surface area contributed by atoms with Crippen LogP contribution in [0.25, 0.3) is 11.0 Å². The number of aromatic amines is 1. The van der Waals surface area contributed by atoms with Crippen molar-refractivity contribution in [2.24, 2.45) is 0 Å². The fraction of sp³-hybridized carbons (Fsp3) is 0.333. The van der Waals surface area contributed by atoms with E-state index < -0.39 is 0 Å². The van der Waals surface area contributed by atoms with Gasteiger partial charge in [-0.2, -0.15) is 0 Å². The summed E-state index contributed by atoms with van der Waals surface area (Å²) in [7, 11) is 1.72. The molecule has 3 heterocycles. The van der Waals surface area contributed by atoms with Gasteiger partial charge in [0, 0.05) is 44.1 Å². The van der Waals surface area contributed by atoms with Gasteiger partial charge in [-0.15, -0.1) is 0 Å². The molecular weight excluding hydrogens is 322 g/mol. The number of thioether (sulfide) groups is 1. The van der Waals surface area contributed by atoms with E-state index in [1.807, 2.05) is 36.5 Å². The molecular formula is C18H19N3O2S. The Bertz CT molecular complexity index is 816. The average molecular weight is 341 g/mol. The first-order valence-electron chi connectivity index (χ1n) is 8.03. The number of methoxy groups -OCH3 is 1. The minimum absolute atomic E-state index is 0.194. The van der Waals surface area contributed by atoms with Crippen molar-refractivity contribution in [1.29, 1.82) is 0 Å². The van der Waals surface area contributed by atoms with Crippen LogP contribution in [0.2, 0.25) is 0 Å². The number of hydrogen-bond donors (Lipinski definition) is 1. The fourth-order valence-corrected chi connectivity index (χ4v) is 3.83. The third-order valence-electron chi connectivity index (χ3n) is 4.18. The van der Waals surface area contributed by atoms with Gasteiger partial charge in [-0.1, -0.05) is 23.9 Å². The van der Waals surface area contributed by atoms with Crippen LogP contribution in [0.4, 0.5) is 0 Å². The number of nitrogens with zero attached hydrogens (tertiary/aromatic N) is 2. The summed E-state index contributed by atoms with van der Waals surface area (Å²) in [6.07, 6.45) is 3.83. The lowest BCUT2D eigenvalue weighted by molar-refractivity contribution is 0.138. The number of nitrogens with one attached hydrogen (secondary N) is 1. The van der Waals surface area contributed by atoms with Gasteiger partial charge in [-0.25, -0.2) is 4.98 Å². The van der Waals surface area contributed by atoms with Crippen LogP contribution in [-0.4, -0.2) is 34.8 Å². The molecule has 0 bridgehead atoms. The van der Waals surface area contributed by atoms with Crippen molar-refractivity contribution in [2.45, 2.75) is 29.9 Å².